The third kappa shape index (κ3) is 2.63. The van der Waals surface area contributed by atoms with Crippen LogP contribution < -0.4 is 5.73 Å². The quantitative estimate of drug-likeness (QED) is 0.839. The topological polar surface area (TPSA) is 43.1 Å². The second kappa shape index (κ2) is 5.56. The zero-order valence-corrected chi connectivity index (χ0v) is 9.90. The van der Waals surface area contributed by atoms with Gasteiger partial charge in [-0.2, -0.15) is 0 Å². The maximum Gasteiger partial charge on any atom is 0.164 e. The first-order valence-corrected chi connectivity index (χ1v) is 5.80. The Hall–Kier alpha value is -2.00. The smallest absolute Gasteiger partial charge is 0.164 e. The summed E-state index contributed by atoms with van der Waals surface area (Å²) in [4.78, 5) is 11.7. The van der Waals surface area contributed by atoms with Gasteiger partial charge in [-0.15, -0.1) is 0 Å². The fraction of sp³-hybridized carbons (Fsp3) is 0.133. The first-order valence-electron chi connectivity index (χ1n) is 5.80. The zero-order valence-electron chi connectivity index (χ0n) is 9.90. The number of carbonyl (C=O) groups is 1. The molecule has 0 aliphatic rings. The van der Waals surface area contributed by atoms with Crippen LogP contribution in [0.1, 0.15) is 16.8 Å². The summed E-state index contributed by atoms with van der Waals surface area (Å²) in [5, 5.41) is 0. The molecule has 2 aromatic carbocycles. The van der Waals surface area contributed by atoms with Crippen LogP contribution in [0.25, 0.3) is 11.1 Å². The number of hydrogen-bond donors (Lipinski definition) is 1. The molecule has 0 bridgehead atoms. The minimum Gasteiger partial charge on any atom is -0.330 e. The van der Waals surface area contributed by atoms with Crippen LogP contribution in [-0.4, -0.2) is 12.3 Å². The predicted molar refractivity (Wildman–Crippen MR) is 69.8 cm³/mol. The lowest BCUT2D eigenvalue weighted by Gasteiger charge is -2.06. The molecule has 2 rings (SSSR count). The summed E-state index contributed by atoms with van der Waals surface area (Å²) in [5.74, 6) is -0.389. The molecule has 0 aromatic heterocycles. The van der Waals surface area contributed by atoms with E-state index in [0.717, 1.165) is 5.56 Å². The Morgan fingerprint density at radius 3 is 2.50 bits per heavy atom. The van der Waals surface area contributed by atoms with Crippen molar-refractivity contribution in [2.75, 3.05) is 6.54 Å². The molecular formula is C15H14FNO. The highest BCUT2D eigenvalue weighted by atomic mass is 19.1. The van der Waals surface area contributed by atoms with Gasteiger partial charge in [0.2, 0.25) is 0 Å². The molecule has 2 aromatic rings. The van der Waals surface area contributed by atoms with Crippen molar-refractivity contribution >= 4 is 5.78 Å². The molecule has 0 radical (unpaired) electrons. The number of hydrogen-bond acceptors (Lipinski definition) is 2. The van der Waals surface area contributed by atoms with Gasteiger partial charge in [0.25, 0.3) is 0 Å². The normalized spacial score (nSPS) is 10.3. The van der Waals surface area contributed by atoms with Crippen molar-refractivity contribution in [3.8, 4) is 11.1 Å². The lowest BCUT2D eigenvalue weighted by molar-refractivity contribution is 0.0985. The van der Waals surface area contributed by atoms with Crippen LogP contribution in [0.3, 0.4) is 0 Å². The third-order valence-corrected chi connectivity index (χ3v) is 2.74. The third-order valence-electron chi connectivity index (χ3n) is 2.74. The van der Waals surface area contributed by atoms with Gasteiger partial charge in [-0.05, 0) is 30.3 Å². The van der Waals surface area contributed by atoms with E-state index in [0.29, 0.717) is 17.7 Å². The lowest BCUT2D eigenvalue weighted by Crippen LogP contribution is -2.08. The Kier molecular flexibility index (Phi) is 3.85. The average Bonchev–Trinajstić information content (AvgIpc) is 2.40. The van der Waals surface area contributed by atoms with Gasteiger partial charge in [0.05, 0.1) is 0 Å². The Morgan fingerprint density at radius 2 is 1.83 bits per heavy atom. The first kappa shape index (κ1) is 12.5. The van der Waals surface area contributed by atoms with Crippen LogP contribution in [0, 0.1) is 5.82 Å². The Labute approximate surface area is 105 Å². The molecule has 0 aliphatic carbocycles. The summed E-state index contributed by atoms with van der Waals surface area (Å²) >= 11 is 0. The van der Waals surface area contributed by atoms with E-state index in [-0.39, 0.29) is 18.0 Å². The Balaban J connectivity index is 2.42. The molecule has 92 valence electrons. The van der Waals surface area contributed by atoms with Crippen LogP contribution in [0.5, 0.6) is 0 Å². The minimum atomic E-state index is -0.328. The number of benzene rings is 2. The minimum absolute atomic E-state index is 0.0605. The number of Topliss-reactive ketones (excluding diaryl/α,β-unsaturated/α-hetero) is 1. The summed E-state index contributed by atoms with van der Waals surface area (Å²) in [6.45, 7) is 0.302. The van der Waals surface area contributed by atoms with Crippen LogP contribution in [-0.2, 0) is 0 Å². The molecule has 0 saturated carbocycles. The van der Waals surface area contributed by atoms with Crippen molar-refractivity contribution in [2.24, 2.45) is 5.73 Å². The van der Waals surface area contributed by atoms with E-state index in [9.17, 15) is 9.18 Å². The second-order valence-electron chi connectivity index (χ2n) is 4.02. The molecule has 3 heteroatoms. The number of ketones is 1. The van der Waals surface area contributed by atoms with E-state index >= 15 is 0 Å². The van der Waals surface area contributed by atoms with Crippen molar-refractivity contribution in [2.45, 2.75) is 6.42 Å². The van der Waals surface area contributed by atoms with E-state index in [1.807, 2.05) is 30.3 Å². The van der Waals surface area contributed by atoms with Crippen LogP contribution in [0.4, 0.5) is 4.39 Å². The summed E-state index contributed by atoms with van der Waals surface area (Å²) in [6.07, 6.45) is 0.278. The largest absolute Gasteiger partial charge is 0.330 e. The van der Waals surface area contributed by atoms with Crippen molar-refractivity contribution in [3.05, 3.63) is 59.9 Å². The number of carbonyl (C=O) groups excluding carboxylic acids is 1. The number of rotatable bonds is 4. The van der Waals surface area contributed by atoms with Gasteiger partial charge in [-0.25, -0.2) is 4.39 Å². The molecular weight excluding hydrogens is 229 g/mol. The molecule has 0 heterocycles. The molecule has 0 saturated heterocycles. The fourth-order valence-electron chi connectivity index (χ4n) is 1.81. The average molecular weight is 243 g/mol. The number of nitrogens with two attached hydrogens (primary N) is 1. The molecule has 0 spiro atoms. The highest BCUT2D eigenvalue weighted by Crippen LogP contribution is 2.24. The summed E-state index contributed by atoms with van der Waals surface area (Å²) < 4.78 is 13.8. The number of halogens is 1. The van der Waals surface area contributed by atoms with E-state index in [1.165, 1.54) is 12.1 Å². The van der Waals surface area contributed by atoms with Crippen molar-refractivity contribution < 1.29 is 9.18 Å². The van der Waals surface area contributed by atoms with E-state index in [2.05, 4.69) is 0 Å². The van der Waals surface area contributed by atoms with E-state index < -0.39 is 0 Å². The Bertz CT molecular complexity index is 552. The standard InChI is InChI=1S/C15H14FNO/c16-14-7-6-12(15(18)8-9-17)10-13(14)11-4-2-1-3-5-11/h1-7,10H,8-9,17H2. The van der Waals surface area contributed by atoms with Crippen LogP contribution in [0.2, 0.25) is 0 Å². The Morgan fingerprint density at radius 1 is 1.11 bits per heavy atom. The summed E-state index contributed by atoms with van der Waals surface area (Å²) in [7, 11) is 0. The molecule has 0 atom stereocenters. The van der Waals surface area contributed by atoms with Gasteiger partial charge in [0, 0.05) is 17.5 Å². The highest BCUT2D eigenvalue weighted by Gasteiger charge is 2.10. The second-order valence-corrected chi connectivity index (χ2v) is 4.02. The summed E-state index contributed by atoms with van der Waals surface area (Å²) in [6, 6.07) is 13.6. The van der Waals surface area contributed by atoms with Gasteiger partial charge in [-0.1, -0.05) is 30.3 Å². The van der Waals surface area contributed by atoms with Crippen LogP contribution in [0.15, 0.2) is 48.5 Å². The monoisotopic (exact) mass is 243 g/mol. The van der Waals surface area contributed by atoms with Gasteiger partial charge >= 0.3 is 0 Å². The van der Waals surface area contributed by atoms with Gasteiger partial charge in [0.15, 0.2) is 5.78 Å². The van der Waals surface area contributed by atoms with E-state index in [1.54, 1.807) is 6.07 Å². The molecule has 18 heavy (non-hydrogen) atoms. The van der Waals surface area contributed by atoms with Crippen molar-refractivity contribution in [3.63, 3.8) is 0 Å². The van der Waals surface area contributed by atoms with Gasteiger partial charge in [0.1, 0.15) is 5.82 Å². The van der Waals surface area contributed by atoms with Crippen molar-refractivity contribution in [1.82, 2.24) is 0 Å². The SMILES string of the molecule is NCCC(=O)c1ccc(F)c(-c2ccccc2)c1. The maximum atomic E-state index is 13.8. The molecule has 0 unspecified atom stereocenters. The molecule has 0 aliphatic heterocycles. The summed E-state index contributed by atoms with van der Waals surface area (Å²) in [5.41, 5.74) is 7.06. The van der Waals surface area contributed by atoms with Gasteiger partial charge in [-0.3, -0.25) is 4.79 Å². The maximum absolute atomic E-state index is 13.8. The zero-order chi connectivity index (χ0) is 13.0. The predicted octanol–water partition coefficient (Wildman–Crippen LogP) is 3.02. The highest BCUT2D eigenvalue weighted by molar-refractivity contribution is 5.97. The van der Waals surface area contributed by atoms with Gasteiger partial charge < -0.3 is 5.73 Å². The first-order chi connectivity index (χ1) is 8.72. The molecule has 2 N–H and O–H groups in total. The lowest BCUT2D eigenvalue weighted by atomic mass is 10.00. The molecule has 2 nitrogen and oxygen atoms in total. The molecule has 0 amide bonds. The van der Waals surface area contributed by atoms with Crippen molar-refractivity contribution in [1.29, 1.82) is 0 Å². The van der Waals surface area contributed by atoms with E-state index in [4.69, 9.17) is 5.73 Å². The van der Waals surface area contributed by atoms with Crippen LogP contribution >= 0.6 is 0 Å². The fourth-order valence-corrected chi connectivity index (χ4v) is 1.81. The molecule has 0 fully saturated rings.